The molecule has 1 unspecified atom stereocenters. The van der Waals surface area contributed by atoms with Crippen LogP contribution in [0.15, 0.2) is 66.0 Å². The fourth-order valence-corrected chi connectivity index (χ4v) is 3.64. The van der Waals surface area contributed by atoms with Crippen molar-refractivity contribution in [3.8, 4) is 11.4 Å². The Morgan fingerprint density at radius 3 is 2.00 bits per heavy atom. The van der Waals surface area contributed by atoms with Gasteiger partial charge in [0.2, 0.25) is 0 Å². The summed E-state index contributed by atoms with van der Waals surface area (Å²) in [5, 5.41) is 6.30. The van der Waals surface area contributed by atoms with Crippen LogP contribution in [-0.2, 0) is 21.4 Å². The predicted octanol–water partition coefficient (Wildman–Crippen LogP) is 3.70. The van der Waals surface area contributed by atoms with E-state index in [1.54, 1.807) is 45.3 Å². The Morgan fingerprint density at radius 2 is 1.50 bits per heavy atom. The van der Waals surface area contributed by atoms with Crippen LogP contribution in [0.5, 0.6) is 0 Å². The molecule has 0 saturated heterocycles. The lowest BCUT2D eigenvalue weighted by atomic mass is 9.86. The molecule has 0 aliphatic heterocycles. The molecule has 5 N–H and O–H groups in total. The lowest BCUT2D eigenvalue weighted by Crippen LogP contribution is -2.45. The van der Waals surface area contributed by atoms with Crippen molar-refractivity contribution >= 4 is 17.7 Å². The second-order valence-corrected chi connectivity index (χ2v) is 11.1. The summed E-state index contributed by atoms with van der Waals surface area (Å²) in [6.07, 6.45) is 3.35. The number of carbonyl (C=O) groups excluding carboxylic acids is 2. The van der Waals surface area contributed by atoms with Crippen LogP contribution in [-0.4, -0.2) is 39.3 Å². The number of ether oxygens (including phenoxy) is 1. The van der Waals surface area contributed by atoms with Gasteiger partial charge in [-0.05, 0) is 49.4 Å². The third kappa shape index (κ3) is 7.61. The van der Waals surface area contributed by atoms with Crippen molar-refractivity contribution in [3.05, 3.63) is 83.2 Å². The van der Waals surface area contributed by atoms with Crippen molar-refractivity contribution in [1.29, 1.82) is 0 Å². The first-order valence-corrected chi connectivity index (χ1v) is 12.4. The Balaban J connectivity index is 1.78. The minimum Gasteiger partial charge on any atom is -0.458 e. The van der Waals surface area contributed by atoms with Gasteiger partial charge in [0.05, 0.1) is 5.56 Å². The van der Waals surface area contributed by atoms with Gasteiger partial charge in [0, 0.05) is 29.9 Å². The Bertz CT molecular complexity index is 1290. The zero-order valence-corrected chi connectivity index (χ0v) is 22.8. The normalized spacial score (nSPS) is 13.1. The molecular weight excluding hydrogens is 480 g/mol. The van der Waals surface area contributed by atoms with E-state index in [4.69, 9.17) is 16.3 Å². The van der Waals surface area contributed by atoms with Gasteiger partial charge in [0.25, 0.3) is 5.91 Å². The van der Waals surface area contributed by atoms with Crippen LogP contribution in [0.4, 0.5) is 0 Å². The molecule has 2 aromatic carbocycles. The van der Waals surface area contributed by atoms with Crippen LogP contribution in [0.3, 0.4) is 0 Å². The van der Waals surface area contributed by atoms with Crippen LogP contribution >= 0.6 is 0 Å². The van der Waals surface area contributed by atoms with Gasteiger partial charge in [-0.25, -0.2) is 14.8 Å². The second kappa shape index (κ2) is 11.4. The van der Waals surface area contributed by atoms with E-state index < -0.39 is 17.6 Å². The number of nitrogens with one attached hydrogen (secondary N) is 1. The van der Waals surface area contributed by atoms with Crippen molar-refractivity contribution in [3.63, 3.8) is 0 Å². The zero-order valence-electron chi connectivity index (χ0n) is 22.8. The van der Waals surface area contributed by atoms with Gasteiger partial charge < -0.3 is 21.6 Å². The highest BCUT2D eigenvalue weighted by molar-refractivity contribution is 5.97. The molecule has 0 aliphatic rings. The fourth-order valence-electron chi connectivity index (χ4n) is 3.64. The molecule has 9 heteroatoms. The minimum absolute atomic E-state index is 0.0284. The van der Waals surface area contributed by atoms with E-state index in [0.717, 1.165) is 16.7 Å². The van der Waals surface area contributed by atoms with Gasteiger partial charge in [-0.1, -0.05) is 57.2 Å². The van der Waals surface area contributed by atoms with E-state index in [2.05, 4.69) is 41.2 Å². The van der Waals surface area contributed by atoms with Crippen LogP contribution in [0.2, 0.25) is 0 Å². The summed E-state index contributed by atoms with van der Waals surface area (Å²) in [6, 6.07) is 14.0. The number of nitrogens with zero attached hydrogens (tertiary/aromatic N) is 3. The van der Waals surface area contributed by atoms with E-state index in [1.807, 2.05) is 36.4 Å². The SMILES string of the molecule is CC(C)(C)OC(=O)C(Cc1ccc(-c2ncc(/C(N)=N/N)cn2)cc1)NC(=O)c1ccc(C(C)(C)C)cc1. The summed E-state index contributed by atoms with van der Waals surface area (Å²) >= 11 is 0. The molecule has 1 aromatic heterocycles. The number of hydrogen-bond acceptors (Lipinski definition) is 7. The third-order valence-electron chi connectivity index (χ3n) is 5.75. The lowest BCUT2D eigenvalue weighted by molar-refractivity contribution is -0.157. The summed E-state index contributed by atoms with van der Waals surface area (Å²) in [6.45, 7) is 11.7. The third-order valence-corrected chi connectivity index (χ3v) is 5.75. The quantitative estimate of drug-likeness (QED) is 0.143. The molecule has 3 aromatic rings. The molecule has 1 atom stereocenters. The number of hydrazone groups is 1. The molecule has 0 radical (unpaired) electrons. The molecule has 0 spiro atoms. The zero-order chi connectivity index (χ0) is 28.1. The largest absolute Gasteiger partial charge is 0.458 e. The van der Waals surface area contributed by atoms with Crippen LogP contribution in [0, 0.1) is 0 Å². The number of rotatable bonds is 7. The molecule has 1 heterocycles. The maximum Gasteiger partial charge on any atom is 0.329 e. The monoisotopic (exact) mass is 516 g/mol. The number of hydrogen-bond donors (Lipinski definition) is 3. The van der Waals surface area contributed by atoms with Crippen molar-refractivity contribution < 1.29 is 14.3 Å². The number of benzene rings is 2. The number of amidine groups is 1. The molecule has 3 rings (SSSR count). The fraction of sp³-hybridized carbons (Fsp3) is 0.345. The van der Waals surface area contributed by atoms with Crippen molar-refractivity contribution in [2.24, 2.45) is 16.7 Å². The van der Waals surface area contributed by atoms with Gasteiger partial charge in [-0.2, -0.15) is 5.10 Å². The van der Waals surface area contributed by atoms with E-state index in [0.29, 0.717) is 17.0 Å². The van der Waals surface area contributed by atoms with E-state index in [1.165, 1.54) is 0 Å². The Kier molecular flexibility index (Phi) is 8.50. The highest BCUT2D eigenvalue weighted by Crippen LogP contribution is 2.22. The Hall–Kier alpha value is -4.27. The van der Waals surface area contributed by atoms with E-state index in [-0.39, 0.29) is 23.6 Å². The molecule has 0 saturated carbocycles. The summed E-state index contributed by atoms with van der Waals surface area (Å²) in [4.78, 5) is 34.7. The lowest BCUT2D eigenvalue weighted by Gasteiger charge is -2.25. The smallest absolute Gasteiger partial charge is 0.329 e. The molecule has 0 aliphatic carbocycles. The number of carbonyl (C=O) groups is 2. The first-order valence-electron chi connectivity index (χ1n) is 12.4. The standard InChI is InChI=1S/C29H36N6O3/c1-28(2,3)22-13-11-20(12-14-22)26(36)34-23(27(37)38-29(4,5)6)15-18-7-9-19(10-8-18)25-32-16-21(17-33-25)24(30)35-31/h7-14,16-17,23H,15,31H2,1-6H3,(H2,30,35)(H,34,36). The van der Waals surface area contributed by atoms with Crippen LogP contribution in [0.1, 0.15) is 68.6 Å². The Morgan fingerprint density at radius 1 is 0.921 bits per heavy atom. The first kappa shape index (κ1) is 28.3. The van der Waals surface area contributed by atoms with Gasteiger partial charge in [0.1, 0.15) is 11.6 Å². The van der Waals surface area contributed by atoms with Gasteiger partial charge in [-0.15, -0.1) is 0 Å². The molecule has 38 heavy (non-hydrogen) atoms. The number of nitrogens with two attached hydrogens (primary N) is 2. The second-order valence-electron chi connectivity index (χ2n) is 11.1. The summed E-state index contributed by atoms with van der Waals surface area (Å²) in [5.74, 6) is 5.00. The number of aromatic nitrogens is 2. The highest BCUT2D eigenvalue weighted by Gasteiger charge is 2.27. The maximum absolute atomic E-state index is 13.1. The highest BCUT2D eigenvalue weighted by atomic mass is 16.6. The number of esters is 1. The molecule has 0 bridgehead atoms. The van der Waals surface area contributed by atoms with Crippen molar-refractivity contribution in [1.82, 2.24) is 15.3 Å². The van der Waals surface area contributed by atoms with Gasteiger partial charge in [0.15, 0.2) is 11.7 Å². The van der Waals surface area contributed by atoms with Gasteiger partial charge >= 0.3 is 5.97 Å². The summed E-state index contributed by atoms with van der Waals surface area (Å²) in [5.41, 5.74) is 8.69. The van der Waals surface area contributed by atoms with Gasteiger partial charge in [-0.3, -0.25) is 4.79 Å². The van der Waals surface area contributed by atoms with Crippen LogP contribution in [0.25, 0.3) is 11.4 Å². The Labute approximate surface area is 223 Å². The average Bonchev–Trinajstić information content (AvgIpc) is 2.87. The van der Waals surface area contributed by atoms with Crippen LogP contribution < -0.4 is 16.9 Å². The van der Waals surface area contributed by atoms with Crippen molar-refractivity contribution in [2.75, 3.05) is 0 Å². The van der Waals surface area contributed by atoms with E-state index >= 15 is 0 Å². The van der Waals surface area contributed by atoms with Crippen molar-refractivity contribution in [2.45, 2.75) is 65.0 Å². The average molecular weight is 517 g/mol. The predicted molar refractivity (Wildman–Crippen MR) is 148 cm³/mol. The molecular formula is C29H36N6O3. The number of amides is 1. The van der Waals surface area contributed by atoms with E-state index in [9.17, 15) is 9.59 Å². The molecule has 0 fully saturated rings. The summed E-state index contributed by atoms with van der Waals surface area (Å²) in [7, 11) is 0. The summed E-state index contributed by atoms with van der Waals surface area (Å²) < 4.78 is 5.60. The molecule has 200 valence electrons. The molecule has 1 amide bonds. The minimum atomic E-state index is -0.871. The topological polar surface area (TPSA) is 146 Å². The first-order chi connectivity index (χ1) is 17.8. The molecule has 9 nitrogen and oxygen atoms in total. The maximum atomic E-state index is 13.1.